The van der Waals surface area contributed by atoms with E-state index in [-0.39, 0.29) is 0 Å². The summed E-state index contributed by atoms with van der Waals surface area (Å²) in [5.41, 5.74) is 11.0. The molecule has 0 saturated heterocycles. The maximum absolute atomic E-state index is 2.54. The summed E-state index contributed by atoms with van der Waals surface area (Å²) < 4.78 is 0. The minimum atomic E-state index is 0.351. The molecule has 0 spiro atoms. The molecule has 0 fully saturated rings. The smallest absolute Gasteiger partial charge is 0.0619 e. The van der Waals surface area contributed by atoms with Crippen LogP contribution in [0.5, 0.6) is 0 Å². The van der Waals surface area contributed by atoms with Crippen molar-refractivity contribution in [2.24, 2.45) is 11.8 Å². The van der Waals surface area contributed by atoms with Crippen molar-refractivity contribution in [3.63, 3.8) is 0 Å². The van der Waals surface area contributed by atoms with E-state index in [0.717, 1.165) is 11.4 Å². The third-order valence-electron chi connectivity index (χ3n) is 9.30. The minimum absolute atomic E-state index is 0.351. The number of hydrogen-bond acceptors (Lipinski definition) is 2. The second kappa shape index (κ2) is 11.8. The van der Waals surface area contributed by atoms with E-state index in [4.69, 9.17) is 0 Å². The Balaban J connectivity index is 1.62. The fourth-order valence-corrected chi connectivity index (χ4v) is 6.88. The molecular formula is C43H40N2. The topological polar surface area (TPSA) is 6.48 Å². The molecule has 2 atom stereocenters. The van der Waals surface area contributed by atoms with Crippen LogP contribution in [0.2, 0.25) is 0 Å². The zero-order valence-electron chi connectivity index (χ0n) is 26.8. The molecule has 222 valence electrons. The first-order chi connectivity index (χ1) is 21.9. The number of nitrogens with zero attached hydrogens (tertiary/aromatic N) is 2. The number of allylic oxidation sites excluding steroid dienone is 4. The molecule has 0 radical (unpaired) electrons. The molecule has 1 aliphatic carbocycles. The van der Waals surface area contributed by atoms with E-state index in [2.05, 4.69) is 184 Å². The van der Waals surface area contributed by atoms with E-state index in [1.807, 2.05) is 0 Å². The Labute approximate surface area is 267 Å². The first-order valence-electron chi connectivity index (χ1n) is 16.0. The van der Waals surface area contributed by atoms with E-state index in [1.54, 1.807) is 0 Å². The van der Waals surface area contributed by atoms with Crippen LogP contribution in [-0.2, 0) is 0 Å². The van der Waals surface area contributed by atoms with Gasteiger partial charge in [-0.05, 0) is 85.9 Å². The standard InChI is InChI=1S/C43H40N2/c1-29-14-10-18-34(26-29)44(35-19-11-15-30(2)27-35)42-37-21-6-8-23-39(37)43(40-24-9-7-22-38(40)42)45(36-20-12-16-31(3)28-36)41-25-13-17-32(4)33(41)5/h6-28,32-33H,1-5H3. The highest BCUT2D eigenvalue weighted by molar-refractivity contribution is 6.22. The lowest BCUT2D eigenvalue weighted by Crippen LogP contribution is -2.26. The molecule has 1 aliphatic rings. The average molecular weight is 585 g/mol. The minimum Gasteiger partial charge on any atom is -0.313 e. The van der Waals surface area contributed by atoms with Gasteiger partial charge in [-0.25, -0.2) is 0 Å². The monoisotopic (exact) mass is 584 g/mol. The van der Waals surface area contributed by atoms with Crippen LogP contribution in [0.25, 0.3) is 21.5 Å². The summed E-state index contributed by atoms with van der Waals surface area (Å²) in [6, 6.07) is 44.6. The second-order valence-electron chi connectivity index (χ2n) is 12.6. The highest BCUT2D eigenvalue weighted by atomic mass is 15.2. The van der Waals surface area contributed by atoms with Gasteiger partial charge >= 0.3 is 0 Å². The van der Waals surface area contributed by atoms with Crippen molar-refractivity contribution in [1.29, 1.82) is 0 Å². The molecule has 0 aliphatic heterocycles. The van der Waals surface area contributed by atoms with Gasteiger partial charge in [0.25, 0.3) is 0 Å². The quantitative estimate of drug-likeness (QED) is 0.142. The Hall–Kier alpha value is -5.08. The van der Waals surface area contributed by atoms with Gasteiger partial charge in [-0.3, -0.25) is 0 Å². The van der Waals surface area contributed by atoms with Crippen molar-refractivity contribution in [1.82, 2.24) is 0 Å². The van der Waals surface area contributed by atoms with Crippen molar-refractivity contribution < 1.29 is 0 Å². The van der Waals surface area contributed by atoms with Crippen LogP contribution in [0.1, 0.15) is 30.5 Å². The molecule has 0 aromatic heterocycles. The molecule has 0 N–H and O–H groups in total. The summed E-state index contributed by atoms with van der Waals surface area (Å²) in [6.07, 6.45) is 6.87. The maximum atomic E-state index is 2.54. The average Bonchev–Trinajstić information content (AvgIpc) is 3.04. The molecule has 6 aromatic carbocycles. The van der Waals surface area contributed by atoms with Crippen molar-refractivity contribution in [3.8, 4) is 0 Å². The van der Waals surface area contributed by atoms with Crippen LogP contribution < -0.4 is 9.80 Å². The zero-order chi connectivity index (χ0) is 31.1. The largest absolute Gasteiger partial charge is 0.313 e. The van der Waals surface area contributed by atoms with Gasteiger partial charge in [0, 0.05) is 50.2 Å². The lowest BCUT2D eigenvalue weighted by atomic mass is 9.86. The van der Waals surface area contributed by atoms with Crippen molar-refractivity contribution in [3.05, 3.63) is 162 Å². The molecule has 2 nitrogen and oxygen atoms in total. The van der Waals surface area contributed by atoms with Gasteiger partial charge in [0.15, 0.2) is 0 Å². The molecule has 7 rings (SSSR count). The Morgan fingerprint density at radius 3 is 1.29 bits per heavy atom. The Kier molecular flexibility index (Phi) is 7.51. The van der Waals surface area contributed by atoms with E-state index in [0.29, 0.717) is 11.8 Å². The van der Waals surface area contributed by atoms with Gasteiger partial charge < -0.3 is 9.80 Å². The third-order valence-corrected chi connectivity index (χ3v) is 9.30. The predicted octanol–water partition coefficient (Wildman–Crippen LogP) is 12.3. The summed E-state index contributed by atoms with van der Waals surface area (Å²) in [7, 11) is 0. The third kappa shape index (κ3) is 5.21. The van der Waals surface area contributed by atoms with Crippen LogP contribution in [0.3, 0.4) is 0 Å². The van der Waals surface area contributed by atoms with E-state index in [1.165, 1.54) is 61.0 Å². The van der Waals surface area contributed by atoms with Crippen molar-refractivity contribution in [2.45, 2.75) is 34.6 Å². The Bertz CT molecular complexity index is 2000. The van der Waals surface area contributed by atoms with Gasteiger partial charge in [0.1, 0.15) is 0 Å². The highest BCUT2D eigenvalue weighted by Gasteiger charge is 2.29. The normalized spacial score (nSPS) is 16.2. The van der Waals surface area contributed by atoms with Crippen LogP contribution in [0, 0.1) is 32.6 Å². The van der Waals surface area contributed by atoms with Crippen LogP contribution in [-0.4, -0.2) is 0 Å². The van der Waals surface area contributed by atoms with Gasteiger partial charge in [-0.1, -0.05) is 111 Å². The number of aryl methyl sites for hydroxylation is 3. The maximum Gasteiger partial charge on any atom is 0.0619 e. The summed E-state index contributed by atoms with van der Waals surface area (Å²) >= 11 is 0. The van der Waals surface area contributed by atoms with Gasteiger partial charge in [-0.2, -0.15) is 0 Å². The molecule has 45 heavy (non-hydrogen) atoms. The van der Waals surface area contributed by atoms with Gasteiger partial charge in [-0.15, -0.1) is 0 Å². The van der Waals surface area contributed by atoms with Crippen molar-refractivity contribution >= 4 is 50.0 Å². The molecule has 0 saturated carbocycles. The van der Waals surface area contributed by atoms with Crippen LogP contribution >= 0.6 is 0 Å². The summed E-state index contributed by atoms with van der Waals surface area (Å²) in [5, 5.41) is 4.90. The molecule has 2 unspecified atom stereocenters. The summed E-state index contributed by atoms with van der Waals surface area (Å²) in [5.74, 6) is 0.788. The fourth-order valence-electron chi connectivity index (χ4n) is 6.88. The molecule has 0 amide bonds. The highest BCUT2D eigenvalue weighted by Crippen LogP contribution is 2.51. The summed E-state index contributed by atoms with van der Waals surface area (Å²) in [4.78, 5) is 4.99. The number of anilines is 5. The number of hydrogen-bond donors (Lipinski definition) is 0. The SMILES string of the molecule is Cc1cccc(N(C2=CC=CC(C)C2C)c2c3ccccc3c(N(c3cccc(C)c3)c3cccc(C)c3)c3ccccc23)c1. The Morgan fingerprint density at radius 1 is 0.467 bits per heavy atom. The molecule has 2 heteroatoms. The molecule has 6 aromatic rings. The van der Waals surface area contributed by atoms with E-state index < -0.39 is 0 Å². The predicted molar refractivity (Wildman–Crippen MR) is 194 cm³/mol. The second-order valence-corrected chi connectivity index (χ2v) is 12.6. The van der Waals surface area contributed by atoms with Gasteiger partial charge in [0.05, 0.1) is 11.4 Å². The number of rotatable bonds is 6. The lowest BCUT2D eigenvalue weighted by molar-refractivity contribution is 0.515. The zero-order valence-corrected chi connectivity index (χ0v) is 26.8. The number of fused-ring (bicyclic) bond motifs is 2. The molecular weight excluding hydrogens is 544 g/mol. The van der Waals surface area contributed by atoms with Crippen molar-refractivity contribution in [2.75, 3.05) is 9.80 Å². The van der Waals surface area contributed by atoms with Crippen LogP contribution in [0.4, 0.5) is 28.4 Å². The first kappa shape index (κ1) is 28.7. The van der Waals surface area contributed by atoms with Crippen LogP contribution in [0.15, 0.2) is 145 Å². The fraction of sp³-hybridized carbons (Fsp3) is 0.163. The molecule has 0 heterocycles. The lowest BCUT2D eigenvalue weighted by Gasteiger charge is -2.37. The van der Waals surface area contributed by atoms with Gasteiger partial charge in [0.2, 0.25) is 0 Å². The molecule has 0 bridgehead atoms. The van der Waals surface area contributed by atoms with E-state index in [9.17, 15) is 0 Å². The number of benzene rings is 6. The Morgan fingerprint density at radius 2 is 0.867 bits per heavy atom. The summed E-state index contributed by atoms with van der Waals surface area (Å²) in [6.45, 7) is 11.2. The van der Waals surface area contributed by atoms with E-state index >= 15 is 0 Å². The first-order valence-corrected chi connectivity index (χ1v) is 16.0.